The number of nitrogens with one attached hydrogen (secondary N) is 3. The number of rotatable bonds is 11. The van der Waals surface area contributed by atoms with E-state index in [4.69, 9.17) is 9.47 Å². The van der Waals surface area contributed by atoms with Crippen molar-refractivity contribution in [2.75, 3.05) is 26.8 Å². The highest BCUT2D eigenvalue weighted by Gasteiger charge is 2.49. The zero-order chi connectivity index (χ0) is 31.3. The molecule has 2 aliphatic heterocycles. The van der Waals surface area contributed by atoms with E-state index in [2.05, 4.69) is 15.6 Å². The van der Waals surface area contributed by atoms with Crippen LogP contribution in [0.2, 0.25) is 0 Å². The van der Waals surface area contributed by atoms with Crippen LogP contribution in [0.1, 0.15) is 61.0 Å². The fourth-order valence-electron chi connectivity index (χ4n) is 7.41. The molecule has 3 N–H and O–H groups in total. The second-order valence-corrected chi connectivity index (χ2v) is 12.6. The molecule has 5 atom stereocenters. The second-order valence-electron chi connectivity index (χ2n) is 12.6. The van der Waals surface area contributed by atoms with Crippen LogP contribution in [0.15, 0.2) is 54.6 Å². The summed E-state index contributed by atoms with van der Waals surface area (Å²) in [7, 11) is 1.59. The number of Topliss-reactive ketones (excluding diaryl/α,β-unsaturated/α-hetero) is 1. The summed E-state index contributed by atoms with van der Waals surface area (Å²) in [5.74, 6) is -0.474. The first kappa shape index (κ1) is 30.8. The first-order valence-electron chi connectivity index (χ1n) is 16.1. The SMILES string of the molecule is COc1cccc2[nH]c(C(=O)N3CC4CCCCC4C3C(=O)N[C@@H](C[C@@H]3CCCNC3=O)C(=O)COCc3ccccc3)cc12. The van der Waals surface area contributed by atoms with Gasteiger partial charge in [0.2, 0.25) is 11.8 Å². The number of hydrogen-bond donors (Lipinski definition) is 3. The fraction of sp³-hybridized carbons (Fsp3) is 0.486. The van der Waals surface area contributed by atoms with Crippen LogP contribution in [0.25, 0.3) is 10.9 Å². The zero-order valence-corrected chi connectivity index (χ0v) is 25.8. The number of H-pyrrole nitrogens is 1. The summed E-state index contributed by atoms with van der Waals surface area (Å²) < 4.78 is 11.2. The van der Waals surface area contributed by atoms with Gasteiger partial charge in [0.25, 0.3) is 5.91 Å². The monoisotopic (exact) mass is 614 g/mol. The van der Waals surface area contributed by atoms with E-state index in [0.29, 0.717) is 31.0 Å². The smallest absolute Gasteiger partial charge is 0.271 e. The van der Waals surface area contributed by atoms with Gasteiger partial charge in [-0.15, -0.1) is 0 Å². The Hall–Kier alpha value is -4.18. The van der Waals surface area contributed by atoms with Crippen molar-refractivity contribution in [2.45, 2.75) is 63.6 Å². The number of carbonyl (C=O) groups excluding carboxylic acids is 4. The summed E-state index contributed by atoms with van der Waals surface area (Å²) in [6.07, 6.45) is 5.53. The molecule has 238 valence electrons. The minimum Gasteiger partial charge on any atom is -0.496 e. The van der Waals surface area contributed by atoms with E-state index >= 15 is 0 Å². The number of benzene rings is 2. The molecule has 0 bridgehead atoms. The van der Waals surface area contributed by atoms with Gasteiger partial charge in [0.05, 0.1) is 19.8 Å². The van der Waals surface area contributed by atoms with Crippen LogP contribution in [0, 0.1) is 17.8 Å². The summed E-state index contributed by atoms with van der Waals surface area (Å²) in [5, 5.41) is 6.70. The third-order valence-electron chi connectivity index (χ3n) is 9.72. The molecule has 2 saturated heterocycles. The number of ether oxygens (including phenoxy) is 2. The maximum absolute atomic E-state index is 14.2. The van der Waals surface area contributed by atoms with Gasteiger partial charge in [-0.3, -0.25) is 19.2 Å². The molecule has 0 spiro atoms. The molecule has 1 saturated carbocycles. The van der Waals surface area contributed by atoms with Gasteiger partial charge in [-0.05, 0) is 67.7 Å². The van der Waals surface area contributed by atoms with E-state index in [-0.39, 0.29) is 60.9 Å². The predicted molar refractivity (Wildman–Crippen MR) is 169 cm³/mol. The lowest BCUT2D eigenvalue weighted by molar-refractivity contribution is -0.135. The lowest BCUT2D eigenvalue weighted by atomic mass is 9.78. The Bertz CT molecular complexity index is 1540. The molecule has 3 amide bonds. The van der Waals surface area contributed by atoms with Gasteiger partial charge in [0.1, 0.15) is 24.1 Å². The summed E-state index contributed by atoms with van der Waals surface area (Å²) >= 11 is 0. The first-order chi connectivity index (χ1) is 21.9. The zero-order valence-electron chi connectivity index (χ0n) is 25.8. The summed E-state index contributed by atoms with van der Waals surface area (Å²) in [5.41, 5.74) is 2.12. The van der Waals surface area contributed by atoms with Crippen LogP contribution >= 0.6 is 0 Å². The lowest BCUT2D eigenvalue weighted by Crippen LogP contribution is -2.54. The number of piperidine rings is 1. The molecule has 3 unspecified atom stereocenters. The molecular weight excluding hydrogens is 572 g/mol. The van der Waals surface area contributed by atoms with Gasteiger partial charge >= 0.3 is 0 Å². The van der Waals surface area contributed by atoms with Crippen molar-refractivity contribution < 1.29 is 28.7 Å². The standard InChI is InChI=1S/C35H42N4O6/c1-44-31-15-7-14-27-26(31)18-29(37-27)35(43)39-19-24-11-5-6-13-25(24)32(39)34(42)38-28(17-23-12-8-16-36-33(23)41)30(40)21-45-20-22-9-3-2-4-10-22/h2-4,7,9-10,14-15,18,23-25,28,32,37H,5-6,8,11-13,16-17,19-21H2,1H3,(H,36,41)(H,38,42)/t23-,24?,25?,28-,32?/m0/s1. The molecule has 3 aliphatic rings. The Morgan fingerprint density at radius 2 is 1.84 bits per heavy atom. The predicted octanol–water partition coefficient (Wildman–Crippen LogP) is 3.99. The average molecular weight is 615 g/mol. The molecule has 3 fully saturated rings. The Kier molecular flexibility index (Phi) is 9.49. The number of hydrogen-bond acceptors (Lipinski definition) is 6. The highest BCUT2D eigenvalue weighted by molar-refractivity contribution is 6.02. The highest BCUT2D eigenvalue weighted by Crippen LogP contribution is 2.41. The Labute approximate surface area is 263 Å². The molecule has 3 aromatic rings. The van der Waals surface area contributed by atoms with Gasteiger partial charge in [0, 0.05) is 29.9 Å². The fourth-order valence-corrected chi connectivity index (χ4v) is 7.41. The van der Waals surface area contributed by atoms with Crippen LogP contribution in [-0.4, -0.2) is 72.3 Å². The van der Waals surface area contributed by atoms with Crippen LogP contribution in [0.3, 0.4) is 0 Å². The molecule has 2 aromatic carbocycles. The third-order valence-corrected chi connectivity index (χ3v) is 9.72. The average Bonchev–Trinajstić information content (AvgIpc) is 3.68. The second kappa shape index (κ2) is 13.9. The summed E-state index contributed by atoms with van der Waals surface area (Å²) in [4.78, 5) is 59.4. The molecule has 1 aliphatic carbocycles. The van der Waals surface area contributed by atoms with Gasteiger partial charge in [0.15, 0.2) is 5.78 Å². The van der Waals surface area contributed by atoms with Gasteiger partial charge in [-0.1, -0.05) is 49.2 Å². The first-order valence-corrected chi connectivity index (χ1v) is 16.1. The van der Waals surface area contributed by atoms with Crippen LogP contribution in [0.4, 0.5) is 0 Å². The maximum atomic E-state index is 14.2. The number of aromatic nitrogens is 1. The molecule has 6 rings (SSSR count). The molecule has 45 heavy (non-hydrogen) atoms. The number of likely N-dealkylation sites (tertiary alicyclic amines) is 1. The van der Waals surface area contributed by atoms with Gasteiger partial charge < -0.3 is 30.0 Å². The van der Waals surface area contributed by atoms with Crippen LogP contribution < -0.4 is 15.4 Å². The van der Waals surface area contributed by atoms with Crippen LogP contribution in [-0.2, 0) is 25.7 Å². The number of methoxy groups -OCH3 is 1. The molecular formula is C35H42N4O6. The van der Waals surface area contributed by atoms with Crippen molar-refractivity contribution in [2.24, 2.45) is 17.8 Å². The lowest BCUT2D eigenvalue weighted by Gasteiger charge is -2.32. The van der Waals surface area contributed by atoms with E-state index in [1.54, 1.807) is 18.1 Å². The number of nitrogens with zero attached hydrogens (tertiary/aromatic N) is 1. The van der Waals surface area contributed by atoms with Crippen molar-refractivity contribution >= 4 is 34.4 Å². The number of fused-ring (bicyclic) bond motifs is 2. The minimum atomic E-state index is -0.904. The minimum absolute atomic E-state index is 0.00433. The number of aromatic amines is 1. The summed E-state index contributed by atoms with van der Waals surface area (Å²) in [6.45, 7) is 1.17. The number of carbonyl (C=O) groups is 4. The largest absolute Gasteiger partial charge is 0.496 e. The van der Waals surface area contributed by atoms with Gasteiger partial charge in [-0.25, -0.2) is 0 Å². The van der Waals surface area contributed by atoms with E-state index in [0.717, 1.165) is 48.6 Å². The van der Waals surface area contributed by atoms with Crippen molar-refractivity contribution in [1.29, 1.82) is 0 Å². The molecule has 0 radical (unpaired) electrons. The topological polar surface area (TPSA) is 130 Å². The van der Waals surface area contributed by atoms with Crippen molar-refractivity contribution in [1.82, 2.24) is 20.5 Å². The number of ketones is 1. The quantitative estimate of drug-likeness (QED) is 0.300. The van der Waals surface area contributed by atoms with Crippen LogP contribution in [0.5, 0.6) is 5.75 Å². The van der Waals surface area contributed by atoms with Crippen molar-refractivity contribution in [3.63, 3.8) is 0 Å². The normalized spacial score (nSPS) is 23.7. The maximum Gasteiger partial charge on any atom is 0.271 e. The Morgan fingerprint density at radius 1 is 1.02 bits per heavy atom. The van der Waals surface area contributed by atoms with Gasteiger partial charge in [-0.2, -0.15) is 0 Å². The highest BCUT2D eigenvalue weighted by atomic mass is 16.5. The van der Waals surface area contributed by atoms with E-state index in [1.165, 1.54) is 0 Å². The molecule has 1 aromatic heterocycles. The van der Waals surface area contributed by atoms with Crippen molar-refractivity contribution in [3.05, 3.63) is 65.9 Å². The summed E-state index contributed by atoms with van der Waals surface area (Å²) in [6, 6.07) is 15.3. The van der Waals surface area contributed by atoms with Crippen molar-refractivity contribution in [3.8, 4) is 5.75 Å². The van der Waals surface area contributed by atoms with E-state index in [1.807, 2.05) is 48.5 Å². The Morgan fingerprint density at radius 3 is 2.64 bits per heavy atom. The molecule has 10 nitrogen and oxygen atoms in total. The number of amides is 3. The third kappa shape index (κ3) is 6.76. The van der Waals surface area contributed by atoms with E-state index < -0.39 is 12.1 Å². The molecule has 3 heterocycles. The molecule has 10 heteroatoms. The van der Waals surface area contributed by atoms with E-state index in [9.17, 15) is 19.2 Å². The Balaban J connectivity index is 1.22.